The second kappa shape index (κ2) is 6.59. The Morgan fingerprint density at radius 3 is 2.71 bits per heavy atom. The van der Waals surface area contributed by atoms with E-state index >= 15 is 0 Å². The number of phenols is 1. The number of hydrogen-bond acceptors (Lipinski definition) is 7. The van der Waals surface area contributed by atoms with Crippen molar-refractivity contribution >= 4 is 0 Å². The van der Waals surface area contributed by atoms with Crippen molar-refractivity contribution in [3.8, 4) is 11.5 Å². The van der Waals surface area contributed by atoms with Crippen molar-refractivity contribution in [3.63, 3.8) is 0 Å². The van der Waals surface area contributed by atoms with Crippen LogP contribution in [-0.2, 0) is 4.74 Å². The fourth-order valence-corrected chi connectivity index (χ4v) is 2.42. The van der Waals surface area contributed by atoms with Gasteiger partial charge in [-0.1, -0.05) is 6.07 Å². The van der Waals surface area contributed by atoms with E-state index in [0.717, 1.165) is 0 Å². The molecule has 0 radical (unpaired) electrons. The summed E-state index contributed by atoms with van der Waals surface area (Å²) in [5, 5.41) is 48.9. The van der Waals surface area contributed by atoms with Crippen LogP contribution in [0.2, 0.25) is 0 Å². The minimum atomic E-state index is -1.25. The third-order valence-corrected chi connectivity index (χ3v) is 3.72. The van der Waals surface area contributed by atoms with Crippen LogP contribution in [0, 0.1) is 5.92 Å². The van der Waals surface area contributed by atoms with E-state index in [1.54, 1.807) is 0 Å². The molecule has 1 aromatic rings. The lowest BCUT2D eigenvalue weighted by atomic mass is 9.87. The predicted octanol–water partition coefficient (Wildman–Crippen LogP) is -0.489. The van der Waals surface area contributed by atoms with Gasteiger partial charge in [0.25, 0.3) is 0 Å². The van der Waals surface area contributed by atoms with Crippen LogP contribution in [-0.4, -0.2) is 57.7 Å². The molecule has 0 aliphatic carbocycles. The van der Waals surface area contributed by atoms with E-state index in [-0.39, 0.29) is 24.5 Å². The van der Waals surface area contributed by atoms with Crippen molar-refractivity contribution in [2.45, 2.75) is 31.0 Å². The largest absolute Gasteiger partial charge is 0.504 e. The summed E-state index contributed by atoms with van der Waals surface area (Å²) < 4.78 is 9.90. The quantitative estimate of drug-likeness (QED) is 0.509. The summed E-state index contributed by atoms with van der Waals surface area (Å²) in [6.45, 7) is -0.151. The standard InChI is InChI=1S/C14H20O7/c1-20-12-4-7(2-3-9(12)15)10(16)5-8-13(18)11(17)6-21-14(8)19/h2-4,8,10-11,13-19H,5-6H2,1H3/t8-,10?,11+,13+,14?/m1/s1. The highest BCUT2D eigenvalue weighted by atomic mass is 16.6. The molecule has 5 N–H and O–H groups in total. The van der Waals surface area contributed by atoms with Crippen LogP contribution >= 0.6 is 0 Å². The van der Waals surface area contributed by atoms with E-state index in [9.17, 15) is 25.5 Å². The van der Waals surface area contributed by atoms with Crippen molar-refractivity contribution in [1.29, 1.82) is 0 Å². The topological polar surface area (TPSA) is 120 Å². The average Bonchev–Trinajstić information content (AvgIpc) is 2.48. The summed E-state index contributed by atoms with van der Waals surface area (Å²) in [7, 11) is 1.39. The Kier molecular flexibility index (Phi) is 5.02. The minimum Gasteiger partial charge on any atom is -0.504 e. The smallest absolute Gasteiger partial charge is 0.160 e. The zero-order valence-electron chi connectivity index (χ0n) is 11.6. The number of aliphatic hydroxyl groups excluding tert-OH is 4. The van der Waals surface area contributed by atoms with Gasteiger partial charge in [0.1, 0.15) is 6.10 Å². The summed E-state index contributed by atoms with van der Waals surface area (Å²) in [5.41, 5.74) is 0.462. The lowest BCUT2D eigenvalue weighted by Gasteiger charge is -2.36. The van der Waals surface area contributed by atoms with Crippen molar-refractivity contribution in [2.75, 3.05) is 13.7 Å². The SMILES string of the molecule is COc1cc(C(O)C[C@H]2C(O)OC[C@H](O)[C@H]2O)ccc1O. The molecule has 5 atom stereocenters. The number of phenolic OH excluding ortho intramolecular Hbond substituents is 1. The lowest BCUT2D eigenvalue weighted by molar-refractivity contribution is -0.235. The van der Waals surface area contributed by atoms with Gasteiger partial charge in [0, 0.05) is 5.92 Å². The molecule has 2 unspecified atom stereocenters. The van der Waals surface area contributed by atoms with Gasteiger partial charge < -0.3 is 35.0 Å². The molecule has 0 amide bonds. The van der Waals surface area contributed by atoms with Crippen LogP contribution < -0.4 is 4.74 Å². The Labute approximate surface area is 122 Å². The Morgan fingerprint density at radius 1 is 1.33 bits per heavy atom. The highest BCUT2D eigenvalue weighted by molar-refractivity contribution is 5.42. The predicted molar refractivity (Wildman–Crippen MR) is 71.7 cm³/mol. The Balaban J connectivity index is 2.11. The highest BCUT2D eigenvalue weighted by Crippen LogP contribution is 2.34. The van der Waals surface area contributed by atoms with Crippen LogP contribution in [0.5, 0.6) is 11.5 Å². The second-order valence-corrected chi connectivity index (χ2v) is 5.13. The van der Waals surface area contributed by atoms with Gasteiger partial charge in [0.15, 0.2) is 17.8 Å². The third kappa shape index (κ3) is 3.45. The average molecular weight is 300 g/mol. The van der Waals surface area contributed by atoms with E-state index in [1.807, 2.05) is 0 Å². The first kappa shape index (κ1) is 16.0. The van der Waals surface area contributed by atoms with Crippen LogP contribution in [0.3, 0.4) is 0 Å². The molecule has 21 heavy (non-hydrogen) atoms. The van der Waals surface area contributed by atoms with E-state index in [0.29, 0.717) is 5.56 Å². The molecule has 1 aromatic carbocycles. The third-order valence-electron chi connectivity index (χ3n) is 3.72. The molecule has 1 fully saturated rings. The van der Waals surface area contributed by atoms with Gasteiger partial charge >= 0.3 is 0 Å². The Bertz CT molecular complexity index is 478. The van der Waals surface area contributed by atoms with E-state index < -0.39 is 30.5 Å². The molecule has 1 aliphatic heterocycles. The number of aromatic hydroxyl groups is 1. The van der Waals surface area contributed by atoms with Gasteiger partial charge in [-0.15, -0.1) is 0 Å². The molecule has 0 bridgehead atoms. The molecule has 1 aliphatic rings. The summed E-state index contributed by atoms with van der Waals surface area (Å²) in [5.74, 6) is -0.652. The zero-order valence-corrected chi connectivity index (χ0v) is 11.6. The van der Waals surface area contributed by atoms with Crippen molar-refractivity contribution < 1.29 is 35.0 Å². The van der Waals surface area contributed by atoms with Gasteiger partial charge in [-0.05, 0) is 24.1 Å². The molecule has 0 saturated carbocycles. The summed E-state index contributed by atoms with van der Waals surface area (Å²) in [4.78, 5) is 0. The zero-order chi connectivity index (χ0) is 15.6. The number of benzene rings is 1. The van der Waals surface area contributed by atoms with Gasteiger partial charge in [0.2, 0.25) is 0 Å². The second-order valence-electron chi connectivity index (χ2n) is 5.13. The first-order valence-corrected chi connectivity index (χ1v) is 6.64. The molecule has 118 valence electrons. The molecule has 1 heterocycles. The first-order valence-electron chi connectivity index (χ1n) is 6.64. The number of ether oxygens (including phenoxy) is 2. The van der Waals surface area contributed by atoms with Gasteiger partial charge in [-0.25, -0.2) is 0 Å². The molecule has 7 heteroatoms. The summed E-state index contributed by atoms with van der Waals surface area (Å²) >= 11 is 0. The fourth-order valence-electron chi connectivity index (χ4n) is 2.42. The van der Waals surface area contributed by atoms with Gasteiger partial charge in [-0.2, -0.15) is 0 Å². The normalized spacial score (nSPS) is 30.9. The number of rotatable bonds is 4. The molecule has 1 saturated heterocycles. The number of aliphatic hydroxyl groups is 4. The molecule has 0 aromatic heterocycles. The Morgan fingerprint density at radius 2 is 2.05 bits per heavy atom. The first-order chi connectivity index (χ1) is 9.93. The van der Waals surface area contributed by atoms with Gasteiger partial charge in [0.05, 0.1) is 25.9 Å². The monoisotopic (exact) mass is 300 g/mol. The molecular weight excluding hydrogens is 280 g/mol. The van der Waals surface area contributed by atoms with Crippen molar-refractivity contribution in [1.82, 2.24) is 0 Å². The minimum absolute atomic E-state index is 0.00662. The molecule has 7 nitrogen and oxygen atoms in total. The summed E-state index contributed by atoms with van der Waals surface area (Å²) in [6, 6.07) is 4.37. The maximum absolute atomic E-state index is 10.2. The van der Waals surface area contributed by atoms with E-state index in [4.69, 9.17) is 9.47 Å². The van der Waals surface area contributed by atoms with Crippen LogP contribution in [0.25, 0.3) is 0 Å². The Hall–Kier alpha value is -1.38. The molecular formula is C14H20O7. The van der Waals surface area contributed by atoms with Crippen LogP contribution in [0.1, 0.15) is 18.1 Å². The molecule has 0 spiro atoms. The number of methoxy groups -OCH3 is 1. The maximum Gasteiger partial charge on any atom is 0.160 e. The lowest BCUT2D eigenvalue weighted by Crippen LogP contribution is -2.49. The number of hydrogen-bond donors (Lipinski definition) is 5. The van der Waals surface area contributed by atoms with Crippen LogP contribution in [0.15, 0.2) is 18.2 Å². The highest BCUT2D eigenvalue weighted by Gasteiger charge is 2.39. The molecule has 2 rings (SSSR count). The van der Waals surface area contributed by atoms with Crippen LogP contribution in [0.4, 0.5) is 0 Å². The maximum atomic E-state index is 10.2. The van der Waals surface area contributed by atoms with Crippen molar-refractivity contribution in [3.05, 3.63) is 23.8 Å². The van der Waals surface area contributed by atoms with Crippen molar-refractivity contribution in [2.24, 2.45) is 5.92 Å². The van der Waals surface area contributed by atoms with Gasteiger partial charge in [-0.3, -0.25) is 0 Å². The van der Waals surface area contributed by atoms with E-state index in [1.165, 1.54) is 25.3 Å². The van der Waals surface area contributed by atoms with E-state index in [2.05, 4.69) is 0 Å². The summed E-state index contributed by atoms with van der Waals surface area (Å²) in [6.07, 6.45) is -4.55. The fraction of sp³-hybridized carbons (Fsp3) is 0.571.